The van der Waals surface area contributed by atoms with Gasteiger partial charge in [-0.3, -0.25) is 0 Å². The first-order chi connectivity index (χ1) is 10.6. The number of aromatic hydroxyl groups is 1. The van der Waals surface area contributed by atoms with Crippen LogP contribution in [0.5, 0.6) is 5.88 Å². The lowest BCUT2D eigenvalue weighted by atomic mass is 10.2. The van der Waals surface area contributed by atoms with Crippen molar-refractivity contribution in [3.63, 3.8) is 0 Å². The van der Waals surface area contributed by atoms with Crippen molar-refractivity contribution in [3.8, 4) is 16.3 Å². The molecular weight excluding hydrogens is 355 g/mol. The minimum absolute atomic E-state index is 0. The Morgan fingerprint density at radius 2 is 1.83 bits per heavy atom. The number of hydrogen-bond donors (Lipinski definition) is 1. The van der Waals surface area contributed by atoms with E-state index in [2.05, 4.69) is 5.10 Å². The Morgan fingerprint density at radius 3 is 2.61 bits per heavy atom. The van der Waals surface area contributed by atoms with Gasteiger partial charge in [-0.25, -0.2) is 0 Å². The molecule has 0 aliphatic rings. The zero-order valence-corrected chi connectivity index (χ0v) is 13.9. The highest BCUT2D eigenvalue weighted by Crippen LogP contribution is 2.37. The van der Waals surface area contributed by atoms with Crippen LogP contribution in [0.4, 0.5) is 0 Å². The second-order valence-electron chi connectivity index (χ2n) is 4.86. The molecule has 0 spiro atoms. The second kappa shape index (κ2) is 5.94. The lowest BCUT2D eigenvalue weighted by molar-refractivity contribution is -0.583. The molecule has 116 valence electrons. The van der Waals surface area contributed by atoms with Crippen LogP contribution in [0.1, 0.15) is 0 Å². The third-order valence-corrected chi connectivity index (χ3v) is 5.12. The fraction of sp³-hybridized carbons (Fsp3) is 0. The molecule has 4 aromatic rings. The Balaban J connectivity index is 0.00000156. The van der Waals surface area contributed by atoms with Crippen LogP contribution in [-0.2, 0) is 0 Å². The van der Waals surface area contributed by atoms with Crippen molar-refractivity contribution >= 4 is 50.1 Å². The molecule has 4 nitrogen and oxygen atoms in total. The Labute approximate surface area is 145 Å². The third-order valence-electron chi connectivity index (χ3n) is 3.44. The predicted molar refractivity (Wildman–Crippen MR) is 91.8 cm³/mol. The fourth-order valence-electron chi connectivity index (χ4n) is 2.42. The summed E-state index contributed by atoms with van der Waals surface area (Å²) in [4.78, 5) is 1.56. The molecule has 7 heteroatoms. The minimum atomic E-state index is 0. The van der Waals surface area contributed by atoms with Gasteiger partial charge in [0.25, 0.3) is 0 Å². The monoisotopic (exact) mass is 364 g/mol. The highest BCUT2D eigenvalue weighted by molar-refractivity contribution is 7.21. The van der Waals surface area contributed by atoms with E-state index in [1.54, 1.807) is 12.3 Å². The number of nitrogens with zero attached hydrogens (tertiary/aromatic N) is 2. The number of halogens is 2. The van der Waals surface area contributed by atoms with Gasteiger partial charge in [0.05, 0.1) is 5.39 Å². The van der Waals surface area contributed by atoms with Crippen molar-refractivity contribution in [1.82, 2.24) is 5.10 Å². The van der Waals surface area contributed by atoms with E-state index in [1.165, 1.54) is 15.9 Å². The van der Waals surface area contributed by atoms with Crippen molar-refractivity contribution in [3.05, 3.63) is 58.7 Å². The Hall–Kier alpha value is -1.92. The molecule has 0 aliphatic carbocycles. The van der Waals surface area contributed by atoms with Crippen LogP contribution in [0.25, 0.3) is 26.0 Å². The number of hydrogen-bond acceptors (Lipinski definition) is 4. The van der Waals surface area contributed by atoms with Crippen LogP contribution < -0.4 is 4.52 Å². The molecule has 0 bridgehead atoms. The number of aromatic nitrogens is 2. The highest BCUT2D eigenvalue weighted by atomic mass is 35.5. The third kappa shape index (κ3) is 2.62. The van der Waals surface area contributed by atoms with E-state index in [-0.39, 0.29) is 11.4 Å². The molecule has 0 amide bonds. The van der Waals surface area contributed by atoms with E-state index in [0.29, 0.717) is 10.0 Å². The van der Waals surface area contributed by atoms with E-state index in [4.69, 9.17) is 23.2 Å². The smallest absolute Gasteiger partial charge is 0.416 e. The lowest BCUT2D eigenvalue weighted by Gasteiger charge is -1.94. The summed E-state index contributed by atoms with van der Waals surface area (Å²) in [6.07, 6.45) is 1.72. The fourth-order valence-corrected chi connectivity index (χ4v) is 3.90. The van der Waals surface area contributed by atoms with E-state index in [9.17, 15) is 5.11 Å². The van der Waals surface area contributed by atoms with Gasteiger partial charge >= 0.3 is 10.7 Å². The maximum Gasteiger partial charge on any atom is 0.416 e. The zero-order chi connectivity index (χ0) is 15.3. The molecule has 0 unspecified atom stereocenters. The first kappa shape index (κ1) is 16.0. The van der Waals surface area contributed by atoms with Gasteiger partial charge in [0, 0.05) is 30.6 Å². The van der Waals surface area contributed by atoms with Crippen LogP contribution >= 0.6 is 34.5 Å². The number of benzene rings is 2. The topological polar surface area (TPSA) is 67.2 Å². The van der Waals surface area contributed by atoms with Gasteiger partial charge in [0.2, 0.25) is 0 Å². The molecule has 2 aromatic heterocycles. The lowest BCUT2D eigenvalue weighted by Crippen LogP contribution is -2.23. The Kier molecular flexibility index (Phi) is 4.12. The van der Waals surface area contributed by atoms with Gasteiger partial charge in [0.1, 0.15) is 6.20 Å². The van der Waals surface area contributed by atoms with Gasteiger partial charge in [-0.15, -0.1) is 0 Å². The molecule has 0 saturated carbocycles. The molecule has 0 saturated heterocycles. The molecule has 2 N–H and O–H groups in total. The van der Waals surface area contributed by atoms with Crippen LogP contribution in [0.3, 0.4) is 0 Å². The minimum Gasteiger partial charge on any atom is -0.870 e. The summed E-state index contributed by atoms with van der Waals surface area (Å²) in [5.74, 6) is 0.101. The molecular formula is C16H10Cl2N2O2S. The normalized spacial score (nSPS) is 10.9. The average Bonchev–Trinajstić information content (AvgIpc) is 2.85. The molecule has 0 atom stereocenters. The van der Waals surface area contributed by atoms with Crippen molar-refractivity contribution in [2.24, 2.45) is 0 Å². The first-order valence-electron chi connectivity index (χ1n) is 6.51. The molecule has 0 fully saturated rings. The van der Waals surface area contributed by atoms with Crippen molar-refractivity contribution < 1.29 is 15.1 Å². The summed E-state index contributed by atoms with van der Waals surface area (Å²) < 4.78 is 1.53. The largest absolute Gasteiger partial charge is 0.870 e. The quantitative estimate of drug-likeness (QED) is 0.504. The standard InChI is InChI=1S/C16H8Cl2N2OS.H2O/c17-11-3-1-2-9(6-11)14-15(21)20-16(22-14)13-7-12(18)5-4-10(13)8-19-20;/h1-8H;1H2. The van der Waals surface area contributed by atoms with Crippen molar-refractivity contribution in [2.45, 2.75) is 0 Å². The summed E-state index contributed by atoms with van der Waals surface area (Å²) in [6.45, 7) is 0. The van der Waals surface area contributed by atoms with Crippen LogP contribution in [0.2, 0.25) is 10.0 Å². The van der Waals surface area contributed by atoms with Gasteiger partial charge in [0.15, 0.2) is 4.88 Å². The average molecular weight is 365 g/mol. The van der Waals surface area contributed by atoms with E-state index < -0.39 is 0 Å². The molecule has 4 rings (SSSR count). The number of fused-ring (bicyclic) bond motifs is 3. The van der Waals surface area contributed by atoms with Crippen LogP contribution in [-0.4, -0.2) is 15.7 Å². The summed E-state index contributed by atoms with van der Waals surface area (Å²) >= 11 is 13.6. The van der Waals surface area contributed by atoms with Crippen LogP contribution in [0, 0.1) is 0 Å². The summed E-state index contributed by atoms with van der Waals surface area (Å²) in [5, 5.41) is 18.0. The first-order valence-corrected chi connectivity index (χ1v) is 8.09. The van der Waals surface area contributed by atoms with Crippen molar-refractivity contribution in [2.75, 3.05) is 0 Å². The highest BCUT2D eigenvalue weighted by Gasteiger charge is 2.25. The van der Waals surface area contributed by atoms with Crippen LogP contribution in [0.15, 0.2) is 48.7 Å². The number of rotatable bonds is 1. The van der Waals surface area contributed by atoms with E-state index in [0.717, 1.165) is 26.0 Å². The molecule has 23 heavy (non-hydrogen) atoms. The van der Waals surface area contributed by atoms with Gasteiger partial charge in [-0.05, 0) is 24.3 Å². The second-order valence-corrected chi connectivity index (χ2v) is 6.73. The van der Waals surface area contributed by atoms with Gasteiger partial charge in [-0.1, -0.05) is 52.7 Å². The maximum atomic E-state index is 10.5. The summed E-state index contributed by atoms with van der Waals surface area (Å²) in [6, 6.07) is 13.0. The van der Waals surface area contributed by atoms with E-state index in [1.807, 2.05) is 36.4 Å². The molecule has 2 aromatic carbocycles. The van der Waals surface area contributed by atoms with Gasteiger partial charge < -0.3 is 10.6 Å². The molecule has 2 heterocycles. The summed E-state index contributed by atoms with van der Waals surface area (Å²) in [7, 11) is 0. The zero-order valence-electron chi connectivity index (χ0n) is 11.6. The van der Waals surface area contributed by atoms with Gasteiger partial charge in [-0.2, -0.15) is 0 Å². The molecule has 0 aliphatic heterocycles. The van der Waals surface area contributed by atoms with E-state index >= 15 is 0 Å². The maximum absolute atomic E-state index is 10.5. The summed E-state index contributed by atoms with van der Waals surface area (Å²) in [5.41, 5.74) is 0.857. The Morgan fingerprint density at radius 1 is 1.04 bits per heavy atom. The number of thiazole rings is 1. The SMILES string of the molecule is Oc1c(-c2cccc(Cl)c2)sc2c3cc(Cl)ccc3cn[n+]12.[OH-]. The van der Waals surface area contributed by atoms with Crippen molar-refractivity contribution in [1.29, 1.82) is 0 Å². The predicted octanol–water partition coefficient (Wildman–Crippen LogP) is 4.54. The Bertz CT molecular complexity index is 1030. The molecule has 0 radical (unpaired) electrons.